The van der Waals surface area contributed by atoms with Gasteiger partial charge >= 0.3 is 0 Å². The van der Waals surface area contributed by atoms with Crippen molar-refractivity contribution < 1.29 is 14.6 Å². The van der Waals surface area contributed by atoms with Gasteiger partial charge in [-0.3, -0.25) is 0 Å². The third-order valence-electron chi connectivity index (χ3n) is 1.40. The summed E-state index contributed by atoms with van der Waals surface area (Å²) in [7, 11) is 1.69. The van der Waals surface area contributed by atoms with E-state index in [0.29, 0.717) is 0 Å². The van der Waals surface area contributed by atoms with Gasteiger partial charge in [-0.05, 0) is 33.1 Å². The van der Waals surface area contributed by atoms with E-state index in [0.717, 1.165) is 13.0 Å². The van der Waals surface area contributed by atoms with Crippen LogP contribution in [0.1, 0.15) is 33.1 Å². The molecule has 0 aromatic carbocycles. The second-order valence-electron chi connectivity index (χ2n) is 3.13. The molecule has 1 fully saturated rings. The lowest BCUT2D eigenvalue weighted by molar-refractivity contribution is -0.145. The third kappa shape index (κ3) is 7.98. The summed E-state index contributed by atoms with van der Waals surface area (Å²) in [5, 5.41) is 8.06. The molecule has 1 aliphatic heterocycles. The average molecular weight is 176 g/mol. The molecule has 1 saturated heterocycles. The molecule has 0 saturated carbocycles. The molecule has 74 valence electrons. The maximum absolute atomic E-state index is 8.06. The van der Waals surface area contributed by atoms with Crippen LogP contribution >= 0.6 is 0 Å². The van der Waals surface area contributed by atoms with Gasteiger partial charge in [-0.15, -0.1) is 0 Å². The molecule has 1 aliphatic rings. The number of hydrogen-bond donors (Lipinski definition) is 1. The molecule has 1 N–H and O–H groups in total. The Hall–Kier alpha value is -0.120. The Labute approximate surface area is 74.7 Å². The van der Waals surface area contributed by atoms with Gasteiger partial charge in [0.1, 0.15) is 0 Å². The first kappa shape index (κ1) is 11.9. The molecule has 1 atom stereocenters. The van der Waals surface area contributed by atoms with Crippen LogP contribution in [-0.4, -0.2) is 31.2 Å². The Morgan fingerprint density at radius 3 is 2.25 bits per heavy atom. The highest BCUT2D eigenvalue weighted by Crippen LogP contribution is 2.11. The van der Waals surface area contributed by atoms with E-state index in [1.165, 1.54) is 12.8 Å². The van der Waals surface area contributed by atoms with Crippen LogP contribution in [-0.2, 0) is 9.47 Å². The molecule has 3 nitrogen and oxygen atoms in total. The molecule has 3 heteroatoms. The maximum Gasteiger partial charge on any atom is 0.157 e. The van der Waals surface area contributed by atoms with Gasteiger partial charge in [-0.2, -0.15) is 0 Å². The van der Waals surface area contributed by atoms with E-state index in [1.54, 1.807) is 21.0 Å². The molecule has 0 amide bonds. The Morgan fingerprint density at radius 1 is 1.42 bits per heavy atom. The van der Waals surface area contributed by atoms with Crippen LogP contribution in [0.4, 0.5) is 0 Å². The zero-order valence-electron chi connectivity index (χ0n) is 8.25. The molecule has 0 aliphatic carbocycles. The van der Waals surface area contributed by atoms with Crippen molar-refractivity contribution >= 4 is 0 Å². The van der Waals surface area contributed by atoms with Crippen LogP contribution in [0.15, 0.2) is 0 Å². The lowest BCUT2D eigenvalue weighted by atomic mass is 10.2. The fraction of sp³-hybridized carbons (Fsp3) is 1.00. The normalized spacial score (nSPS) is 23.2. The van der Waals surface area contributed by atoms with Crippen molar-refractivity contribution in [3.05, 3.63) is 0 Å². The zero-order valence-corrected chi connectivity index (χ0v) is 8.25. The third-order valence-corrected chi connectivity index (χ3v) is 1.40. The van der Waals surface area contributed by atoms with Crippen LogP contribution in [0, 0.1) is 0 Å². The quantitative estimate of drug-likeness (QED) is 0.658. The standard InChI is InChI=1S/C6H12O2.C3H8O/c1-7-6-4-2-3-5-8-6;1-3(2)4/h6H,2-5H2,1H3;3-4H,1-2H3. The van der Waals surface area contributed by atoms with Gasteiger partial charge in [0.25, 0.3) is 0 Å². The van der Waals surface area contributed by atoms with E-state index in [-0.39, 0.29) is 12.4 Å². The molecule has 1 unspecified atom stereocenters. The van der Waals surface area contributed by atoms with Crippen molar-refractivity contribution in [1.29, 1.82) is 0 Å². The van der Waals surface area contributed by atoms with Gasteiger partial charge in [0, 0.05) is 19.8 Å². The highest BCUT2D eigenvalue weighted by Gasteiger charge is 2.10. The summed E-state index contributed by atoms with van der Waals surface area (Å²) in [5.41, 5.74) is 0. The van der Waals surface area contributed by atoms with E-state index in [1.807, 2.05) is 0 Å². The Kier molecular flexibility index (Phi) is 7.45. The molecular weight excluding hydrogens is 156 g/mol. The minimum atomic E-state index is -0.167. The van der Waals surface area contributed by atoms with E-state index >= 15 is 0 Å². The Morgan fingerprint density at radius 2 is 2.00 bits per heavy atom. The monoisotopic (exact) mass is 176 g/mol. The summed E-state index contributed by atoms with van der Waals surface area (Å²) in [6.45, 7) is 4.32. The van der Waals surface area contributed by atoms with Gasteiger partial charge < -0.3 is 14.6 Å². The fourth-order valence-electron chi connectivity index (χ4n) is 0.897. The lowest BCUT2D eigenvalue weighted by Gasteiger charge is -2.20. The number of hydrogen-bond acceptors (Lipinski definition) is 3. The molecular formula is C9H20O3. The maximum atomic E-state index is 8.06. The zero-order chi connectivity index (χ0) is 9.40. The highest BCUT2D eigenvalue weighted by atomic mass is 16.7. The molecule has 0 bridgehead atoms. The van der Waals surface area contributed by atoms with E-state index in [4.69, 9.17) is 14.6 Å². The lowest BCUT2D eigenvalue weighted by Crippen LogP contribution is -2.20. The second kappa shape index (κ2) is 7.53. The number of rotatable bonds is 1. The van der Waals surface area contributed by atoms with Crippen molar-refractivity contribution in [1.82, 2.24) is 0 Å². The van der Waals surface area contributed by atoms with Crippen LogP contribution in [0.3, 0.4) is 0 Å². The van der Waals surface area contributed by atoms with Crippen LogP contribution in [0.5, 0.6) is 0 Å². The van der Waals surface area contributed by atoms with Crippen LogP contribution in [0.25, 0.3) is 0 Å². The highest BCUT2D eigenvalue weighted by molar-refractivity contribution is 4.52. The molecule has 1 rings (SSSR count). The molecule has 0 radical (unpaired) electrons. The van der Waals surface area contributed by atoms with E-state index < -0.39 is 0 Å². The number of methoxy groups -OCH3 is 1. The number of aliphatic hydroxyl groups excluding tert-OH is 1. The minimum Gasteiger partial charge on any atom is -0.394 e. The van der Waals surface area contributed by atoms with Crippen molar-refractivity contribution in [2.45, 2.75) is 45.5 Å². The molecule has 1 heterocycles. The van der Waals surface area contributed by atoms with Crippen LogP contribution < -0.4 is 0 Å². The predicted molar refractivity (Wildman–Crippen MR) is 48.0 cm³/mol. The SMILES string of the molecule is CC(C)O.COC1CCCCO1. The fourth-order valence-corrected chi connectivity index (χ4v) is 0.897. The Balaban J connectivity index is 0.000000261. The van der Waals surface area contributed by atoms with Gasteiger partial charge in [0.15, 0.2) is 6.29 Å². The van der Waals surface area contributed by atoms with Crippen molar-refractivity contribution in [2.24, 2.45) is 0 Å². The predicted octanol–water partition coefficient (Wildman–Crippen LogP) is 1.55. The first-order chi connectivity index (χ1) is 5.66. The van der Waals surface area contributed by atoms with Gasteiger partial charge in [-0.1, -0.05) is 0 Å². The molecule has 0 spiro atoms. The number of ether oxygens (including phenoxy) is 2. The topological polar surface area (TPSA) is 38.7 Å². The van der Waals surface area contributed by atoms with Crippen molar-refractivity contribution in [2.75, 3.05) is 13.7 Å². The first-order valence-corrected chi connectivity index (χ1v) is 4.49. The molecule has 12 heavy (non-hydrogen) atoms. The summed E-state index contributed by atoms with van der Waals surface area (Å²) in [6, 6.07) is 0. The second-order valence-corrected chi connectivity index (χ2v) is 3.13. The van der Waals surface area contributed by atoms with Gasteiger partial charge in [0.05, 0.1) is 0 Å². The summed E-state index contributed by atoms with van der Waals surface area (Å²) in [5.74, 6) is 0. The van der Waals surface area contributed by atoms with Gasteiger partial charge in [0.2, 0.25) is 0 Å². The smallest absolute Gasteiger partial charge is 0.157 e. The summed E-state index contributed by atoms with van der Waals surface area (Å²) in [4.78, 5) is 0. The van der Waals surface area contributed by atoms with E-state index in [9.17, 15) is 0 Å². The largest absolute Gasteiger partial charge is 0.394 e. The summed E-state index contributed by atoms with van der Waals surface area (Å²) in [6.07, 6.45) is 3.43. The molecule has 0 aromatic heterocycles. The number of aliphatic hydroxyl groups is 1. The first-order valence-electron chi connectivity index (χ1n) is 4.49. The molecule has 0 aromatic rings. The minimum absolute atomic E-state index is 0.0868. The van der Waals surface area contributed by atoms with Crippen LogP contribution in [0.2, 0.25) is 0 Å². The van der Waals surface area contributed by atoms with Crippen molar-refractivity contribution in [3.63, 3.8) is 0 Å². The van der Waals surface area contributed by atoms with E-state index in [2.05, 4.69) is 0 Å². The Bertz CT molecular complexity index is 85.0. The average Bonchev–Trinajstić information content (AvgIpc) is 2.05. The van der Waals surface area contributed by atoms with Gasteiger partial charge in [-0.25, -0.2) is 0 Å². The van der Waals surface area contributed by atoms with Crippen molar-refractivity contribution in [3.8, 4) is 0 Å². The summed E-state index contributed by atoms with van der Waals surface area (Å²) < 4.78 is 10.2. The summed E-state index contributed by atoms with van der Waals surface area (Å²) >= 11 is 0.